The maximum absolute atomic E-state index is 11.7. The molecular weight excluding hydrogens is 242 g/mol. The summed E-state index contributed by atoms with van der Waals surface area (Å²) in [6, 6.07) is -0.346. The van der Waals surface area contributed by atoms with Gasteiger partial charge in [0.15, 0.2) is 0 Å². The normalized spacial score (nSPS) is 13.7. The molecule has 0 saturated carbocycles. The van der Waals surface area contributed by atoms with E-state index in [4.69, 9.17) is 4.74 Å². The molecule has 0 N–H and O–H groups in total. The lowest BCUT2D eigenvalue weighted by molar-refractivity contribution is -0.149. The number of esters is 1. The number of sulfone groups is 1. The molecule has 0 heterocycles. The summed E-state index contributed by atoms with van der Waals surface area (Å²) in [5.74, 6) is -0.214. The van der Waals surface area contributed by atoms with Crippen molar-refractivity contribution in [3.05, 3.63) is 0 Å². The summed E-state index contributed by atoms with van der Waals surface area (Å²) in [5, 5.41) is 0. The molecule has 1 atom stereocenters. The van der Waals surface area contributed by atoms with Crippen LogP contribution in [0.1, 0.15) is 26.7 Å². The van der Waals surface area contributed by atoms with Gasteiger partial charge in [-0.1, -0.05) is 13.3 Å². The van der Waals surface area contributed by atoms with Crippen molar-refractivity contribution in [3.63, 3.8) is 0 Å². The van der Waals surface area contributed by atoms with Crippen LogP contribution in [0.2, 0.25) is 0 Å². The average Bonchev–Trinajstić information content (AvgIpc) is 2.21. The molecule has 102 valence electrons. The zero-order valence-corrected chi connectivity index (χ0v) is 11.9. The van der Waals surface area contributed by atoms with Gasteiger partial charge in [-0.15, -0.1) is 0 Å². The molecular formula is C11H23NO4S. The summed E-state index contributed by atoms with van der Waals surface area (Å²) in [6.45, 7) is 4.44. The predicted octanol–water partition coefficient (Wildman–Crippen LogP) is 0.695. The molecule has 0 aliphatic heterocycles. The fraction of sp³-hybridized carbons (Fsp3) is 0.909. The van der Waals surface area contributed by atoms with Crippen molar-refractivity contribution in [1.82, 2.24) is 4.90 Å². The number of likely N-dealkylation sites (N-methyl/N-ethyl adjacent to an activating group) is 1. The molecule has 0 amide bonds. The first-order valence-electron chi connectivity index (χ1n) is 5.86. The van der Waals surface area contributed by atoms with E-state index in [1.54, 1.807) is 18.9 Å². The van der Waals surface area contributed by atoms with Crippen molar-refractivity contribution in [1.29, 1.82) is 0 Å². The minimum atomic E-state index is -3.00. The summed E-state index contributed by atoms with van der Waals surface area (Å²) in [4.78, 5) is 13.4. The molecule has 6 heteroatoms. The number of hydrogen-bond donors (Lipinski definition) is 0. The highest BCUT2D eigenvalue weighted by atomic mass is 32.2. The fourth-order valence-electron chi connectivity index (χ4n) is 1.50. The van der Waals surface area contributed by atoms with Crippen molar-refractivity contribution < 1.29 is 17.9 Å². The van der Waals surface area contributed by atoms with Crippen LogP contribution in [-0.2, 0) is 19.4 Å². The molecule has 0 radical (unpaired) electrons. The summed E-state index contributed by atoms with van der Waals surface area (Å²) in [5.41, 5.74) is 0. The molecule has 5 nitrogen and oxygen atoms in total. The van der Waals surface area contributed by atoms with Crippen LogP contribution in [0.15, 0.2) is 0 Å². The Bertz CT molecular complexity index is 326. The van der Waals surface area contributed by atoms with E-state index in [0.717, 1.165) is 6.42 Å². The molecule has 0 bridgehead atoms. The quantitative estimate of drug-likeness (QED) is 0.604. The Kier molecular flexibility index (Phi) is 7.38. The monoisotopic (exact) mass is 265 g/mol. The Labute approximate surface area is 104 Å². The van der Waals surface area contributed by atoms with Crippen molar-refractivity contribution in [2.75, 3.05) is 32.2 Å². The van der Waals surface area contributed by atoms with Crippen LogP contribution in [0.5, 0.6) is 0 Å². The van der Waals surface area contributed by atoms with Crippen LogP contribution in [-0.4, -0.2) is 57.5 Å². The van der Waals surface area contributed by atoms with E-state index in [1.165, 1.54) is 6.26 Å². The minimum Gasteiger partial charge on any atom is -0.465 e. The van der Waals surface area contributed by atoms with E-state index in [2.05, 4.69) is 0 Å². The summed E-state index contributed by atoms with van der Waals surface area (Å²) in [7, 11) is -1.25. The van der Waals surface area contributed by atoms with Crippen LogP contribution in [0.3, 0.4) is 0 Å². The second kappa shape index (κ2) is 7.66. The lowest BCUT2D eigenvalue weighted by atomic mass is 10.1. The van der Waals surface area contributed by atoms with Gasteiger partial charge in [-0.3, -0.25) is 9.69 Å². The average molecular weight is 265 g/mol. The highest BCUT2D eigenvalue weighted by molar-refractivity contribution is 7.90. The Balaban J connectivity index is 4.43. The maximum Gasteiger partial charge on any atom is 0.323 e. The number of rotatable bonds is 8. The fourth-order valence-corrected chi connectivity index (χ4v) is 2.12. The molecule has 0 aliphatic rings. The molecule has 1 unspecified atom stereocenters. The molecule has 0 spiro atoms. The highest BCUT2D eigenvalue weighted by Crippen LogP contribution is 2.07. The highest BCUT2D eigenvalue weighted by Gasteiger charge is 2.23. The van der Waals surface area contributed by atoms with Gasteiger partial charge >= 0.3 is 5.97 Å². The van der Waals surface area contributed by atoms with Crippen molar-refractivity contribution in [3.8, 4) is 0 Å². The Morgan fingerprint density at radius 1 is 1.35 bits per heavy atom. The van der Waals surface area contributed by atoms with Crippen molar-refractivity contribution >= 4 is 15.8 Å². The number of nitrogens with zero attached hydrogens (tertiary/aromatic N) is 1. The zero-order chi connectivity index (χ0) is 13.5. The minimum absolute atomic E-state index is 0.0587. The lowest BCUT2D eigenvalue weighted by Crippen LogP contribution is -2.41. The molecule has 0 aliphatic carbocycles. The Morgan fingerprint density at radius 3 is 2.35 bits per heavy atom. The van der Waals surface area contributed by atoms with E-state index in [-0.39, 0.29) is 17.8 Å². The third kappa shape index (κ3) is 7.33. The number of carbonyl (C=O) groups is 1. The zero-order valence-electron chi connectivity index (χ0n) is 11.1. The van der Waals surface area contributed by atoms with E-state index in [9.17, 15) is 13.2 Å². The van der Waals surface area contributed by atoms with Gasteiger partial charge in [-0.05, 0) is 20.4 Å². The van der Waals surface area contributed by atoms with E-state index >= 15 is 0 Å². The van der Waals surface area contributed by atoms with Gasteiger partial charge in [0, 0.05) is 12.8 Å². The van der Waals surface area contributed by atoms with Gasteiger partial charge < -0.3 is 4.74 Å². The molecule has 0 aromatic carbocycles. The third-order valence-electron chi connectivity index (χ3n) is 2.47. The van der Waals surface area contributed by atoms with Gasteiger partial charge in [-0.2, -0.15) is 0 Å². The van der Waals surface area contributed by atoms with E-state index in [0.29, 0.717) is 19.6 Å². The third-order valence-corrected chi connectivity index (χ3v) is 3.39. The largest absolute Gasteiger partial charge is 0.465 e. The predicted molar refractivity (Wildman–Crippen MR) is 67.7 cm³/mol. The molecule has 0 aromatic heterocycles. The van der Waals surface area contributed by atoms with Gasteiger partial charge in [-0.25, -0.2) is 8.42 Å². The summed E-state index contributed by atoms with van der Waals surface area (Å²) < 4.78 is 27.1. The Morgan fingerprint density at radius 2 is 1.94 bits per heavy atom. The topological polar surface area (TPSA) is 63.7 Å². The van der Waals surface area contributed by atoms with Crippen LogP contribution in [0.4, 0.5) is 0 Å². The van der Waals surface area contributed by atoms with Gasteiger partial charge in [0.25, 0.3) is 0 Å². The van der Waals surface area contributed by atoms with Crippen LogP contribution in [0.25, 0.3) is 0 Å². The van der Waals surface area contributed by atoms with E-state index in [1.807, 2.05) is 6.92 Å². The second-order valence-electron chi connectivity index (χ2n) is 4.17. The number of carbonyl (C=O) groups excluding carboxylic acids is 1. The molecule has 17 heavy (non-hydrogen) atoms. The molecule has 0 rings (SSSR count). The molecule has 0 saturated heterocycles. The summed E-state index contributed by atoms with van der Waals surface area (Å²) in [6.07, 6.45) is 2.73. The van der Waals surface area contributed by atoms with Crippen LogP contribution < -0.4 is 0 Å². The Hall–Kier alpha value is -0.620. The first-order chi connectivity index (χ1) is 7.81. The smallest absolute Gasteiger partial charge is 0.323 e. The SMILES string of the molecule is CCCC(C(=O)OCC)N(C)CCS(C)(=O)=O. The number of hydrogen-bond acceptors (Lipinski definition) is 5. The summed E-state index contributed by atoms with van der Waals surface area (Å²) >= 11 is 0. The first kappa shape index (κ1) is 16.4. The van der Waals surface area contributed by atoms with Crippen LogP contribution in [0, 0.1) is 0 Å². The number of ether oxygens (including phenoxy) is 1. The lowest BCUT2D eigenvalue weighted by Gasteiger charge is -2.25. The van der Waals surface area contributed by atoms with Gasteiger partial charge in [0.05, 0.1) is 12.4 Å². The van der Waals surface area contributed by atoms with E-state index < -0.39 is 9.84 Å². The standard InChI is InChI=1S/C11H23NO4S/c1-5-7-10(11(13)16-6-2)12(3)8-9-17(4,14)15/h10H,5-9H2,1-4H3. The maximum atomic E-state index is 11.7. The molecule has 0 fully saturated rings. The van der Waals surface area contributed by atoms with Crippen molar-refractivity contribution in [2.45, 2.75) is 32.7 Å². The van der Waals surface area contributed by atoms with Gasteiger partial charge in [0.1, 0.15) is 15.9 Å². The molecule has 0 aromatic rings. The van der Waals surface area contributed by atoms with Crippen molar-refractivity contribution in [2.24, 2.45) is 0 Å². The second-order valence-corrected chi connectivity index (χ2v) is 6.43. The van der Waals surface area contributed by atoms with Crippen LogP contribution >= 0.6 is 0 Å². The first-order valence-corrected chi connectivity index (χ1v) is 7.92. The van der Waals surface area contributed by atoms with Gasteiger partial charge in [0.2, 0.25) is 0 Å².